The van der Waals surface area contributed by atoms with Gasteiger partial charge in [-0.15, -0.1) is 0 Å². The van der Waals surface area contributed by atoms with E-state index in [1.54, 1.807) is 0 Å². The van der Waals surface area contributed by atoms with Gasteiger partial charge in [-0.3, -0.25) is 0 Å². The molecule has 0 saturated carbocycles. The van der Waals surface area contributed by atoms with Gasteiger partial charge < -0.3 is 4.42 Å². The van der Waals surface area contributed by atoms with Gasteiger partial charge in [0.15, 0.2) is 0 Å². The standard InChI is InChI=1S/C13H14O/c1-2-12-9-10-13(14-12)8-7-11-5-3-4-6-11/h3-11H,2H2,1H3/b8-7+. The van der Waals surface area contributed by atoms with Crippen molar-refractivity contribution in [2.24, 2.45) is 5.92 Å². The zero-order chi connectivity index (χ0) is 9.80. The van der Waals surface area contributed by atoms with Gasteiger partial charge >= 0.3 is 0 Å². The third-order valence-electron chi connectivity index (χ3n) is 2.29. The second-order valence-corrected chi connectivity index (χ2v) is 3.36. The number of hydrogen-bond donors (Lipinski definition) is 0. The van der Waals surface area contributed by atoms with Crippen molar-refractivity contribution in [1.29, 1.82) is 0 Å². The van der Waals surface area contributed by atoms with E-state index in [2.05, 4.69) is 37.3 Å². The summed E-state index contributed by atoms with van der Waals surface area (Å²) in [5.74, 6) is 2.42. The van der Waals surface area contributed by atoms with Gasteiger partial charge in [0.2, 0.25) is 0 Å². The summed E-state index contributed by atoms with van der Waals surface area (Å²) in [6, 6.07) is 4.04. The van der Waals surface area contributed by atoms with Crippen LogP contribution in [0.1, 0.15) is 18.4 Å². The molecule has 0 atom stereocenters. The van der Waals surface area contributed by atoms with Crippen molar-refractivity contribution in [3.05, 3.63) is 54.0 Å². The van der Waals surface area contributed by atoms with Crippen LogP contribution >= 0.6 is 0 Å². The van der Waals surface area contributed by atoms with Gasteiger partial charge in [0.25, 0.3) is 0 Å². The molecule has 0 spiro atoms. The monoisotopic (exact) mass is 186 g/mol. The Labute approximate surface area is 84.4 Å². The highest BCUT2D eigenvalue weighted by Crippen LogP contribution is 2.14. The summed E-state index contributed by atoms with van der Waals surface area (Å²) in [7, 11) is 0. The van der Waals surface area contributed by atoms with E-state index in [1.807, 2.05) is 18.2 Å². The van der Waals surface area contributed by atoms with Gasteiger partial charge in [-0.05, 0) is 18.2 Å². The lowest BCUT2D eigenvalue weighted by Gasteiger charge is -1.93. The van der Waals surface area contributed by atoms with Crippen LogP contribution in [-0.4, -0.2) is 0 Å². The molecule has 0 bridgehead atoms. The quantitative estimate of drug-likeness (QED) is 0.703. The molecule has 1 nitrogen and oxygen atoms in total. The molecule has 0 aliphatic heterocycles. The number of hydrogen-bond acceptors (Lipinski definition) is 1. The second kappa shape index (κ2) is 4.14. The first-order valence-corrected chi connectivity index (χ1v) is 5.00. The van der Waals surface area contributed by atoms with E-state index < -0.39 is 0 Å². The van der Waals surface area contributed by atoms with Crippen LogP contribution in [0.25, 0.3) is 6.08 Å². The average Bonchev–Trinajstić information content (AvgIpc) is 2.86. The fourth-order valence-corrected chi connectivity index (χ4v) is 1.46. The minimum atomic E-state index is 0.435. The summed E-state index contributed by atoms with van der Waals surface area (Å²) in [5.41, 5.74) is 0. The van der Waals surface area contributed by atoms with Gasteiger partial charge in [0, 0.05) is 12.3 Å². The molecule has 72 valence electrons. The number of furan rings is 1. The highest BCUT2D eigenvalue weighted by atomic mass is 16.3. The van der Waals surface area contributed by atoms with Crippen molar-refractivity contribution in [3.63, 3.8) is 0 Å². The Morgan fingerprint density at radius 3 is 2.71 bits per heavy atom. The van der Waals surface area contributed by atoms with Crippen LogP contribution in [-0.2, 0) is 6.42 Å². The lowest BCUT2D eigenvalue weighted by Crippen LogP contribution is -1.79. The first-order chi connectivity index (χ1) is 6.88. The molecule has 0 radical (unpaired) electrons. The maximum absolute atomic E-state index is 5.56. The van der Waals surface area contributed by atoms with Crippen molar-refractivity contribution < 1.29 is 4.42 Å². The summed E-state index contributed by atoms with van der Waals surface area (Å²) < 4.78 is 5.56. The largest absolute Gasteiger partial charge is 0.462 e. The van der Waals surface area contributed by atoms with Crippen LogP contribution in [0.15, 0.2) is 46.9 Å². The molecule has 0 fully saturated rings. The SMILES string of the molecule is CCc1ccc(/C=C/C2C=CC=C2)o1. The summed E-state index contributed by atoms with van der Waals surface area (Å²) in [6.07, 6.45) is 13.6. The van der Waals surface area contributed by atoms with E-state index in [9.17, 15) is 0 Å². The molecule has 2 rings (SSSR count). The molecule has 1 aromatic heterocycles. The maximum Gasteiger partial charge on any atom is 0.126 e. The van der Waals surface area contributed by atoms with Crippen LogP contribution in [0.2, 0.25) is 0 Å². The van der Waals surface area contributed by atoms with Crippen LogP contribution in [0.3, 0.4) is 0 Å². The smallest absolute Gasteiger partial charge is 0.126 e. The minimum absolute atomic E-state index is 0.435. The Hall–Kier alpha value is -1.50. The molecule has 0 N–H and O–H groups in total. The highest BCUT2D eigenvalue weighted by molar-refractivity contribution is 5.45. The Kier molecular flexibility index (Phi) is 2.68. The Morgan fingerprint density at radius 2 is 2.07 bits per heavy atom. The molecular formula is C13H14O. The van der Waals surface area contributed by atoms with Crippen LogP contribution in [0.4, 0.5) is 0 Å². The predicted octanol–water partition coefficient (Wildman–Crippen LogP) is 3.60. The van der Waals surface area contributed by atoms with E-state index >= 15 is 0 Å². The predicted molar refractivity (Wildman–Crippen MR) is 58.9 cm³/mol. The zero-order valence-corrected chi connectivity index (χ0v) is 8.31. The van der Waals surface area contributed by atoms with Crippen molar-refractivity contribution >= 4 is 6.08 Å². The molecule has 14 heavy (non-hydrogen) atoms. The molecule has 0 saturated heterocycles. The first-order valence-electron chi connectivity index (χ1n) is 5.00. The molecule has 1 aromatic rings. The van der Waals surface area contributed by atoms with E-state index in [0.29, 0.717) is 5.92 Å². The van der Waals surface area contributed by atoms with Crippen LogP contribution < -0.4 is 0 Å². The highest BCUT2D eigenvalue weighted by Gasteiger charge is 1.99. The second-order valence-electron chi connectivity index (χ2n) is 3.36. The molecule has 1 heterocycles. The normalized spacial score (nSPS) is 16.1. The van der Waals surface area contributed by atoms with Gasteiger partial charge in [0.1, 0.15) is 11.5 Å². The van der Waals surface area contributed by atoms with E-state index in [1.165, 1.54) is 0 Å². The van der Waals surface area contributed by atoms with Gasteiger partial charge in [-0.1, -0.05) is 37.3 Å². The fourth-order valence-electron chi connectivity index (χ4n) is 1.46. The first kappa shape index (κ1) is 9.07. The van der Waals surface area contributed by atoms with Crippen molar-refractivity contribution in [1.82, 2.24) is 0 Å². The third kappa shape index (κ3) is 2.05. The molecule has 0 amide bonds. The Balaban J connectivity index is 2.02. The molecule has 1 aliphatic carbocycles. The molecular weight excluding hydrogens is 172 g/mol. The van der Waals surface area contributed by atoms with E-state index in [-0.39, 0.29) is 0 Å². The fraction of sp³-hybridized carbons (Fsp3) is 0.231. The third-order valence-corrected chi connectivity index (χ3v) is 2.29. The lowest BCUT2D eigenvalue weighted by atomic mass is 10.1. The average molecular weight is 186 g/mol. The van der Waals surface area contributed by atoms with E-state index in [0.717, 1.165) is 17.9 Å². The molecule has 1 aliphatic rings. The summed E-state index contributed by atoms with van der Waals surface area (Å²) >= 11 is 0. The van der Waals surface area contributed by atoms with Crippen LogP contribution in [0, 0.1) is 5.92 Å². The summed E-state index contributed by atoms with van der Waals surface area (Å²) in [4.78, 5) is 0. The number of rotatable bonds is 3. The molecule has 0 unspecified atom stereocenters. The van der Waals surface area contributed by atoms with Crippen molar-refractivity contribution in [2.75, 3.05) is 0 Å². The van der Waals surface area contributed by atoms with Gasteiger partial charge in [-0.2, -0.15) is 0 Å². The van der Waals surface area contributed by atoms with Gasteiger partial charge in [0.05, 0.1) is 0 Å². The minimum Gasteiger partial charge on any atom is -0.462 e. The van der Waals surface area contributed by atoms with Gasteiger partial charge in [-0.25, -0.2) is 0 Å². The van der Waals surface area contributed by atoms with Crippen molar-refractivity contribution in [3.8, 4) is 0 Å². The van der Waals surface area contributed by atoms with Crippen LogP contribution in [0.5, 0.6) is 0 Å². The summed E-state index contributed by atoms with van der Waals surface area (Å²) in [6.45, 7) is 2.09. The maximum atomic E-state index is 5.56. The Morgan fingerprint density at radius 1 is 1.29 bits per heavy atom. The zero-order valence-electron chi connectivity index (χ0n) is 8.31. The number of aryl methyl sites for hydroxylation is 1. The lowest BCUT2D eigenvalue weighted by molar-refractivity contribution is 0.507. The Bertz CT molecular complexity index is 368. The summed E-state index contributed by atoms with van der Waals surface area (Å²) in [5, 5.41) is 0. The van der Waals surface area contributed by atoms with E-state index in [4.69, 9.17) is 4.42 Å². The van der Waals surface area contributed by atoms with Crippen molar-refractivity contribution in [2.45, 2.75) is 13.3 Å². The molecule has 1 heteroatoms. The topological polar surface area (TPSA) is 13.1 Å². The number of allylic oxidation sites excluding steroid dienone is 5. The molecule has 0 aromatic carbocycles.